The maximum Gasteiger partial charge on any atom is 0.416 e. The Morgan fingerprint density at radius 3 is 2.20 bits per heavy atom. The molecule has 3 nitrogen and oxygen atoms in total. The molecule has 1 aromatic carbocycles. The Morgan fingerprint density at radius 2 is 1.73 bits per heavy atom. The molecule has 0 spiro atoms. The van der Waals surface area contributed by atoms with Gasteiger partial charge in [0.1, 0.15) is 5.75 Å². The molecule has 0 aliphatic heterocycles. The lowest BCUT2D eigenvalue weighted by Gasteiger charge is -2.22. The molecule has 0 aromatic heterocycles. The van der Waals surface area contributed by atoms with Gasteiger partial charge in [-0.1, -0.05) is 18.2 Å². The molecule has 6 heteroatoms. The van der Waals surface area contributed by atoms with Crippen LogP contribution in [-0.4, -0.2) is 22.5 Å². The molecule has 0 fully saturated rings. The highest BCUT2D eigenvalue weighted by molar-refractivity contribution is 5.35. The van der Waals surface area contributed by atoms with Crippen molar-refractivity contribution in [2.45, 2.75) is 18.3 Å². The molecule has 15 heavy (non-hydrogen) atoms. The van der Waals surface area contributed by atoms with E-state index >= 15 is 0 Å². The zero-order valence-electron chi connectivity index (χ0n) is 7.57. The van der Waals surface area contributed by atoms with Gasteiger partial charge in [-0.05, 0) is 6.07 Å². The smallest absolute Gasteiger partial charge is 0.416 e. The van der Waals surface area contributed by atoms with Crippen molar-refractivity contribution in [3.63, 3.8) is 0 Å². The monoisotopic (exact) mass is 221 g/mol. The first-order chi connectivity index (χ1) is 6.84. The van der Waals surface area contributed by atoms with E-state index < -0.39 is 18.3 Å². The van der Waals surface area contributed by atoms with Gasteiger partial charge in [0.2, 0.25) is 0 Å². The molecule has 0 amide bonds. The van der Waals surface area contributed by atoms with Gasteiger partial charge in [-0.2, -0.15) is 13.2 Å². The van der Waals surface area contributed by atoms with Gasteiger partial charge < -0.3 is 15.9 Å². The van der Waals surface area contributed by atoms with Gasteiger partial charge in [0.15, 0.2) is 6.10 Å². The molecule has 0 aliphatic carbocycles. The van der Waals surface area contributed by atoms with Gasteiger partial charge in [-0.3, -0.25) is 0 Å². The molecule has 0 radical (unpaired) electrons. The van der Waals surface area contributed by atoms with Crippen molar-refractivity contribution in [1.82, 2.24) is 0 Å². The zero-order chi connectivity index (χ0) is 11.6. The number of benzene rings is 1. The average Bonchev–Trinajstić information content (AvgIpc) is 2.15. The van der Waals surface area contributed by atoms with Crippen molar-refractivity contribution in [1.29, 1.82) is 0 Å². The van der Waals surface area contributed by atoms with Crippen molar-refractivity contribution < 1.29 is 23.4 Å². The molecule has 0 saturated carbocycles. The number of nitrogens with two attached hydrogens (primary N) is 1. The van der Waals surface area contributed by atoms with Gasteiger partial charge in [0.25, 0.3) is 0 Å². The van der Waals surface area contributed by atoms with Crippen molar-refractivity contribution in [3.05, 3.63) is 29.8 Å². The standard InChI is InChI=1S/C9H10F3NO2/c10-9(11,12)8(15)7(13)5-3-1-2-4-6(5)14/h1-4,7-8,14-15H,13H2/t7-,8-/m0/s1. The summed E-state index contributed by atoms with van der Waals surface area (Å²) in [6.07, 6.45) is -7.49. The third-order valence-corrected chi connectivity index (χ3v) is 1.97. The van der Waals surface area contributed by atoms with Gasteiger partial charge in [0, 0.05) is 5.56 Å². The van der Waals surface area contributed by atoms with Crippen LogP contribution in [0.1, 0.15) is 11.6 Å². The quantitative estimate of drug-likeness (QED) is 0.705. The largest absolute Gasteiger partial charge is 0.508 e. The fourth-order valence-corrected chi connectivity index (χ4v) is 1.14. The number of hydrogen-bond acceptors (Lipinski definition) is 3. The molecule has 2 atom stereocenters. The molecule has 0 bridgehead atoms. The SMILES string of the molecule is N[C@@H](c1ccccc1O)[C@H](O)C(F)(F)F. The molecule has 4 N–H and O–H groups in total. The highest BCUT2D eigenvalue weighted by Gasteiger charge is 2.43. The molecule has 1 aromatic rings. The summed E-state index contributed by atoms with van der Waals surface area (Å²) in [5.41, 5.74) is 5.06. The second-order valence-corrected chi connectivity index (χ2v) is 3.07. The highest BCUT2D eigenvalue weighted by Crippen LogP contribution is 2.32. The molecule has 0 unspecified atom stereocenters. The number of aromatic hydroxyl groups is 1. The molecule has 0 aliphatic rings. The number of aliphatic hydroxyl groups excluding tert-OH is 1. The lowest BCUT2D eigenvalue weighted by molar-refractivity contribution is -0.210. The van der Waals surface area contributed by atoms with Crippen LogP contribution in [0.4, 0.5) is 13.2 Å². The number of phenolic OH excluding ortho intramolecular Hbond substituents is 1. The maximum absolute atomic E-state index is 12.1. The minimum absolute atomic E-state index is 0.137. The minimum Gasteiger partial charge on any atom is -0.508 e. The van der Waals surface area contributed by atoms with Crippen LogP contribution in [0.2, 0.25) is 0 Å². The lowest BCUT2D eigenvalue weighted by atomic mass is 10.0. The van der Waals surface area contributed by atoms with E-state index in [0.717, 1.165) is 0 Å². The first kappa shape index (κ1) is 11.8. The van der Waals surface area contributed by atoms with E-state index in [1.165, 1.54) is 24.3 Å². The molecule has 0 saturated heterocycles. The average molecular weight is 221 g/mol. The summed E-state index contributed by atoms with van der Waals surface area (Å²) in [6.45, 7) is 0. The topological polar surface area (TPSA) is 66.5 Å². The van der Waals surface area contributed by atoms with Crippen molar-refractivity contribution in [2.24, 2.45) is 5.73 Å². The Hall–Kier alpha value is -1.27. The second kappa shape index (κ2) is 4.08. The van der Waals surface area contributed by atoms with Crippen LogP contribution >= 0.6 is 0 Å². The first-order valence-corrected chi connectivity index (χ1v) is 4.12. The Labute approximate surface area is 84.0 Å². The summed E-state index contributed by atoms with van der Waals surface area (Å²) >= 11 is 0. The van der Waals surface area contributed by atoms with Crippen LogP contribution in [0.5, 0.6) is 5.75 Å². The third-order valence-electron chi connectivity index (χ3n) is 1.97. The summed E-state index contributed by atoms with van der Waals surface area (Å²) in [6, 6.07) is 3.63. The van der Waals surface area contributed by atoms with Gasteiger partial charge >= 0.3 is 6.18 Å². The summed E-state index contributed by atoms with van der Waals surface area (Å²) in [4.78, 5) is 0. The van der Waals surface area contributed by atoms with Crippen LogP contribution in [0.3, 0.4) is 0 Å². The fourth-order valence-electron chi connectivity index (χ4n) is 1.14. The Morgan fingerprint density at radius 1 is 1.20 bits per heavy atom. The summed E-state index contributed by atoms with van der Waals surface area (Å²) in [5.74, 6) is -0.367. The van der Waals surface area contributed by atoms with Gasteiger partial charge in [-0.15, -0.1) is 0 Å². The van der Waals surface area contributed by atoms with E-state index in [4.69, 9.17) is 10.8 Å². The third kappa shape index (κ3) is 2.60. The Bertz CT molecular complexity index is 340. The predicted octanol–water partition coefficient (Wildman–Crippen LogP) is 1.32. The molecule has 84 valence electrons. The summed E-state index contributed by atoms with van der Waals surface area (Å²) in [5, 5.41) is 18.1. The highest BCUT2D eigenvalue weighted by atomic mass is 19.4. The van der Waals surface area contributed by atoms with Crippen LogP contribution < -0.4 is 5.73 Å². The van der Waals surface area contributed by atoms with Gasteiger partial charge in [-0.25, -0.2) is 0 Å². The zero-order valence-corrected chi connectivity index (χ0v) is 7.57. The normalized spacial score (nSPS) is 16.1. The predicted molar refractivity (Wildman–Crippen MR) is 47.1 cm³/mol. The number of rotatable bonds is 2. The van der Waals surface area contributed by atoms with Crippen LogP contribution in [-0.2, 0) is 0 Å². The minimum atomic E-state index is -4.80. The lowest BCUT2D eigenvalue weighted by Crippen LogP contribution is -2.38. The number of hydrogen-bond donors (Lipinski definition) is 3. The van der Waals surface area contributed by atoms with Crippen molar-refractivity contribution in [3.8, 4) is 5.75 Å². The van der Waals surface area contributed by atoms with Crippen LogP contribution in [0, 0.1) is 0 Å². The number of aliphatic hydroxyl groups is 1. The number of para-hydroxylation sites is 1. The van der Waals surface area contributed by atoms with E-state index in [1.807, 2.05) is 0 Å². The van der Waals surface area contributed by atoms with Crippen LogP contribution in [0.15, 0.2) is 24.3 Å². The fraction of sp³-hybridized carbons (Fsp3) is 0.333. The van der Waals surface area contributed by atoms with Crippen LogP contribution in [0.25, 0.3) is 0 Å². The van der Waals surface area contributed by atoms with E-state index in [-0.39, 0.29) is 11.3 Å². The number of alkyl halides is 3. The Balaban J connectivity index is 2.95. The maximum atomic E-state index is 12.1. The number of halogens is 3. The van der Waals surface area contributed by atoms with E-state index in [2.05, 4.69) is 0 Å². The van der Waals surface area contributed by atoms with E-state index in [0.29, 0.717) is 0 Å². The van der Waals surface area contributed by atoms with E-state index in [9.17, 15) is 18.3 Å². The molecular formula is C9H10F3NO2. The molecule has 1 rings (SSSR count). The van der Waals surface area contributed by atoms with Gasteiger partial charge in [0.05, 0.1) is 6.04 Å². The summed E-state index contributed by atoms with van der Waals surface area (Å²) < 4.78 is 36.3. The molecule has 0 heterocycles. The van der Waals surface area contributed by atoms with Crippen molar-refractivity contribution >= 4 is 0 Å². The molecular weight excluding hydrogens is 211 g/mol. The van der Waals surface area contributed by atoms with Crippen molar-refractivity contribution in [2.75, 3.05) is 0 Å². The van der Waals surface area contributed by atoms with E-state index in [1.54, 1.807) is 0 Å². The Kier molecular flexibility index (Phi) is 3.21. The second-order valence-electron chi connectivity index (χ2n) is 3.07. The first-order valence-electron chi connectivity index (χ1n) is 4.12. The number of phenols is 1. The summed E-state index contributed by atoms with van der Waals surface area (Å²) in [7, 11) is 0.